The molecule has 0 aromatic heterocycles. The maximum absolute atomic E-state index is 11.6. The number of ether oxygens (including phenoxy) is 1. The van der Waals surface area contributed by atoms with Crippen molar-refractivity contribution >= 4 is 5.91 Å². The average molecular weight is 210 g/mol. The van der Waals surface area contributed by atoms with Crippen LogP contribution in [0.15, 0.2) is 0 Å². The Morgan fingerprint density at radius 2 is 2.47 bits per heavy atom. The van der Waals surface area contributed by atoms with Gasteiger partial charge >= 0.3 is 0 Å². The van der Waals surface area contributed by atoms with E-state index < -0.39 is 0 Å². The molecule has 15 heavy (non-hydrogen) atoms. The molecule has 2 atom stereocenters. The molecule has 0 spiro atoms. The molecule has 0 bridgehead atoms. The van der Waals surface area contributed by atoms with Gasteiger partial charge in [0.05, 0.1) is 12.1 Å². The van der Waals surface area contributed by atoms with Crippen molar-refractivity contribution in [2.24, 2.45) is 0 Å². The van der Waals surface area contributed by atoms with Crippen molar-refractivity contribution < 1.29 is 9.53 Å². The molecule has 1 fully saturated rings. The molecule has 1 aliphatic rings. The fraction of sp³-hybridized carbons (Fsp3) is 0.727. The molecule has 4 heteroatoms. The minimum atomic E-state index is -0.107. The highest BCUT2D eigenvalue weighted by atomic mass is 16.5. The molecule has 0 aliphatic carbocycles. The number of nitrogens with one attached hydrogen (secondary N) is 2. The Kier molecular flexibility index (Phi) is 5.16. The summed E-state index contributed by atoms with van der Waals surface area (Å²) in [5.74, 6) is 5.74. The lowest BCUT2D eigenvalue weighted by Gasteiger charge is -2.09. The highest BCUT2D eigenvalue weighted by Gasteiger charge is 2.28. The summed E-state index contributed by atoms with van der Waals surface area (Å²) in [5.41, 5.74) is 0. The van der Waals surface area contributed by atoms with Crippen LogP contribution in [0.4, 0.5) is 0 Å². The van der Waals surface area contributed by atoms with Crippen molar-refractivity contribution in [3.63, 3.8) is 0 Å². The lowest BCUT2D eigenvalue weighted by molar-refractivity contribution is -0.122. The van der Waals surface area contributed by atoms with Crippen molar-refractivity contribution in [3.05, 3.63) is 0 Å². The molecule has 0 aromatic rings. The molecule has 0 radical (unpaired) electrons. The van der Waals surface area contributed by atoms with Crippen LogP contribution in [-0.4, -0.2) is 38.3 Å². The molecule has 0 aromatic carbocycles. The van der Waals surface area contributed by atoms with Gasteiger partial charge in [-0.3, -0.25) is 4.79 Å². The summed E-state index contributed by atoms with van der Waals surface area (Å²) < 4.78 is 5.17. The molecule has 84 valence electrons. The van der Waals surface area contributed by atoms with E-state index in [0.717, 1.165) is 13.0 Å². The molecule has 0 saturated carbocycles. The van der Waals surface area contributed by atoms with Gasteiger partial charge in [-0.2, -0.15) is 0 Å². The van der Waals surface area contributed by atoms with E-state index in [1.165, 1.54) is 0 Å². The fourth-order valence-electron chi connectivity index (χ4n) is 1.58. The van der Waals surface area contributed by atoms with Gasteiger partial charge in [0.2, 0.25) is 5.91 Å². The average Bonchev–Trinajstić information content (AvgIpc) is 2.72. The van der Waals surface area contributed by atoms with Gasteiger partial charge in [-0.25, -0.2) is 0 Å². The van der Waals surface area contributed by atoms with Gasteiger partial charge in [-0.1, -0.05) is 0 Å². The lowest BCUT2D eigenvalue weighted by Crippen LogP contribution is -2.40. The minimum absolute atomic E-state index is 0.0486. The first-order valence-corrected chi connectivity index (χ1v) is 5.21. The van der Waals surface area contributed by atoms with E-state index in [1.807, 2.05) is 0 Å². The molecule has 1 rings (SSSR count). The van der Waals surface area contributed by atoms with Crippen molar-refractivity contribution in [2.75, 3.05) is 20.2 Å². The van der Waals surface area contributed by atoms with Crippen LogP contribution in [0.3, 0.4) is 0 Å². The summed E-state index contributed by atoms with van der Waals surface area (Å²) in [6, 6.07) is -0.107. The van der Waals surface area contributed by atoms with Crippen molar-refractivity contribution in [1.82, 2.24) is 10.6 Å². The fourth-order valence-corrected chi connectivity index (χ4v) is 1.58. The van der Waals surface area contributed by atoms with Crippen molar-refractivity contribution in [2.45, 2.75) is 31.9 Å². The molecule has 2 unspecified atom stereocenters. The molecular weight excluding hydrogens is 192 g/mol. The van der Waals surface area contributed by atoms with Gasteiger partial charge < -0.3 is 15.4 Å². The molecule has 1 saturated heterocycles. The molecule has 2 N–H and O–H groups in total. The zero-order chi connectivity index (χ0) is 11.1. The molecule has 1 aliphatic heterocycles. The standard InChI is InChI=1S/C11H18N2O2/c1-3-4-5-6-12-11(14)10-7-9(15-2)8-13-10/h9-10,13H,5-8H2,1-2H3,(H,12,14). The van der Waals surface area contributed by atoms with E-state index in [2.05, 4.69) is 22.5 Å². The Morgan fingerprint density at radius 1 is 1.67 bits per heavy atom. The number of hydrogen-bond acceptors (Lipinski definition) is 3. The zero-order valence-corrected chi connectivity index (χ0v) is 9.30. The van der Waals surface area contributed by atoms with E-state index in [4.69, 9.17) is 4.74 Å². The third kappa shape index (κ3) is 3.90. The maximum Gasteiger partial charge on any atom is 0.237 e. The maximum atomic E-state index is 11.6. The van der Waals surface area contributed by atoms with E-state index in [-0.39, 0.29) is 18.1 Å². The summed E-state index contributed by atoms with van der Waals surface area (Å²) in [4.78, 5) is 11.6. The number of methoxy groups -OCH3 is 1. The summed E-state index contributed by atoms with van der Waals surface area (Å²) >= 11 is 0. The van der Waals surface area contributed by atoms with Gasteiger partial charge in [0.1, 0.15) is 0 Å². The molecule has 1 amide bonds. The van der Waals surface area contributed by atoms with Gasteiger partial charge in [0.15, 0.2) is 0 Å². The summed E-state index contributed by atoms with van der Waals surface area (Å²) in [6.07, 6.45) is 1.63. The summed E-state index contributed by atoms with van der Waals surface area (Å²) in [5, 5.41) is 5.97. The zero-order valence-electron chi connectivity index (χ0n) is 9.30. The molecular formula is C11H18N2O2. The van der Waals surface area contributed by atoms with Crippen LogP contribution < -0.4 is 10.6 Å². The predicted molar refractivity (Wildman–Crippen MR) is 58.3 cm³/mol. The molecule has 4 nitrogen and oxygen atoms in total. The van der Waals surface area contributed by atoms with Crippen molar-refractivity contribution in [3.8, 4) is 11.8 Å². The van der Waals surface area contributed by atoms with Crippen LogP contribution in [0.1, 0.15) is 19.8 Å². The van der Waals surface area contributed by atoms with E-state index in [1.54, 1.807) is 14.0 Å². The van der Waals surface area contributed by atoms with E-state index in [9.17, 15) is 4.79 Å². The Bertz CT molecular complexity index is 267. The SMILES string of the molecule is CC#CCCNC(=O)C1CC(OC)CN1. The summed E-state index contributed by atoms with van der Waals surface area (Å²) in [7, 11) is 1.67. The smallest absolute Gasteiger partial charge is 0.237 e. The van der Waals surface area contributed by atoms with Gasteiger partial charge in [0.25, 0.3) is 0 Å². The van der Waals surface area contributed by atoms with Crippen LogP contribution in [-0.2, 0) is 9.53 Å². The second-order valence-corrected chi connectivity index (χ2v) is 3.52. The van der Waals surface area contributed by atoms with Crippen molar-refractivity contribution in [1.29, 1.82) is 0 Å². The van der Waals surface area contributed by atoms with Crippen LogP contribution >= 0.6 is 0 Å². The van der Waals surface area contributed by atoms with Crippen LogP contribution in [0.2, 0.25) is 0 Å². The first-order valence-electron chi connectivity index (χ1n) is 5.21. The topological polar surface area (TPSA) is 50.4 Å². The predicted octanol–water partition coefficient (Wildman–Crippen LogP) is -0.107. The third-order valence-electron chi connectivity index (χ3n) is 2.47. The monoisotopic (exact) mass is 210 g/mol. The van der Waals surface area contributed by atoms with Crippen LogP contribution in [0, 0.1) is 11.8 Å². The second-order valence-electron chi connectivity index (χ2n) is 3.52. The van der Waals surface area contributed by atoms with E-state index >= 15 is 0 Å². The van der Waals surface area contributed by atoms with Crippen LogP contribution in [0.25, 0.3) is 0 Å². The lowest BCUT2D eigenvalue weighted by atomic mass is 10.2. The van der Waals surface area contributed by atoms with Gasteiger partial charge in [0, 0.05) is 26.6 Å². The second kappa shape index (κ2) is 6.44. The first-order chi connectivity index (χ1) is 7.27. The number of amides is 1. The third-order valence-corrected chi connectivity index (χ3v) is 2.47. The minimum Gasteiger partial charge on any atom is -0.380 e. The number of hydrogen-bond donors (Lipinski definition) is 2. The Morgan fingerprint density at radius 3 is 3.07 bits per heavy atom. The Balaban J connectivity index is 2.19. The Hall–Kier alpha value is -1.05. The summed E-state index contributed by atoms with van der Waals surface area (Å²) in [6.45, 7) is 3.17. The number of carbonyl (C=O) groups excluding carboxylic acids is 1. The first kappa shape index (κ1) is 12.0. The highest BCUT2D eigenvalue weighted by molar-refractivity contribution is 5.82. The van der Waals surface area contributed by atoms with Gasteiger partial charge in [-0.15, -0.1) is 11.8 Å². The quantitative estimate of drug-likeness (QED) is 0.503. The largest absolute Gasteiger partial charge is 0.380 e. The van der Waals surface area contributed by atoms with E-state index in [0.29, 0.717) is 13.0 Å². The number of rotatable bonds is 4. The molecule has 1 heterocycles. The highest BCUT2D eigenvalue weighted by Crippen LogP contribution is 2.09. The van der Waals surface area contributed by atoms with Gasteiger partial charge in [-0.05, 0) is 13.3 Å². The van der Waals surface area contributed by atoms with Crippen LogP contribution in [0.5, 0.6) is 0 Å². The normalized spacial score (nSPS) is 24.4. The number of carbonyl (C=O) groups is 1. The Labute approximate surface area is 90.8 Å².